The van der Waals surface area contributed by atoms with E-state index in [1.165, 1.54) is 4.90 Å². The molecule has 126 valence electrons. The predicted molar refractivity (Wildman–Crippen MR) is 94.6 cm³/mol. The molecule has 0 atom stereocenters. The Labute approximate surface area is 142 Å². The van der Waals surface area contributed by atoms with Gasteiger partial charge in [0.05, 0.1) is 17.9 Å². The standard InChI is InChI=1S/C19H22N2O3/c1-4-12-24-15-9-7-8-14(13-15)18(22)20-17-11-6-5-10-16(17)19(23)21(2)3/h5-11,13H,4,12H2,1-3H3,(H,20,22). The minimum atomic E-state index is -0.282. The van der Waals surface area contributed by atoms with Crippen molar-refractivity contribution < 1.29 is 14.3 Å². The van der Waals surface area contributed by atoms with E-state index in [0.29, 0.717) is 29.2 Å². The van der Waals surface area contributed by atoms with E-state index in [0.717, 1.165) is 6.42 Å². The minimum absolute atomic E-state index is 0.161. The maximum Gasteiger partial charge on any atom is 0.255 e. The highest BCUT2D eigenvalue weighted by Gasteiger charge is 2.15. The molecule has 0 bridgehead atoms. The molecule has 0 aliphatic heterocycles. The van der Waals surface area contributed by atoms with Crippen molar-refractivity contribution in [1.29, 1.82) is 0 Å². The summed E-state index contributed by atoms with van der Waals surface area (Å²) in [6, 6.07) is 14.0. The van der Waals surface area contributed by atoms with Crippen molar-refractivity contribution in [3.05, 3.63) is 59.7 Å². The van der Waals surface area contributed by atoms with Crippen molar-refractivity contribution in [3.63, 3.8) is 0 Å². The minimum Gasteiger partial charge on any atom is -0.494 e. The lowest BCUT2D eigenvalue weighted by Crippen LogP contribution is -2.24. The number of hydrogen-bond donors (Lipinski definition) is 1. The van der Waals surface area contributed by atoms with Crippen molar-refractivity contribution in [2.45, 2.75) is 13.3 Å². The summed E-state index contributed by atoms with van der Waals surface area (Å²) < 4.78 is 5.55. The van der Waals surface area contributed by atoms with Crippen LogP contribution < -0.4 is 10.1 Å². The van der Waals surface area contributed by atoms with Crippen LogP contribution in [0.15, 0.2) is 48.5 Å². The molecule has 0 radical (unpaired) electrons. The topological polar surface area (TPSA) is 58.6 Å². The molecule has 5 nitrogen and oxygen atoms in total. The van der Waals surface area contributed by atoms with Gasteiger partial charge in [-0.3, -0.25) is 9.59 Å². The third-order valence-corrected chi connectivity index (χ3v) is 3.38. The molecule has 2 rings (SSSR count). The summed E-state index contributed by atoms with van der Waals surface area (Å²) in [5, 5.41) is 2.80. The van der Waals surface area contributed by atoms with Gasteiger partial charge >= 0.3 is 0 Å². The third kappa shape index (κ3) is 4.35. The first kappa shape index (κ1) is 17.5. The lowest BCUT2D eigenvalue weighted by atomic mass is 10.1. The second-order valence-corrected chi connectivity index (χ2v) is 5.58. The van der Waals surface area contributed by atoms with E-state index in [2.05, 4.69) is 5.32 Å². The third-order valence-electron chi connectivity index (χ3n) is 3.38. The molecule has 2 aromatic rings. The number of hydrogen-bond acceptors (Lipinski definition) is 3. The van der Waals surface area contributed by atoms with Crippen LogP contribution in [-0.4, -0.2) is 37.4 Å². The number of para-hydroxylation sites is 1. The highest BCUT2D eigenvalue weighted by Crippen LogP contribution is 2.19. The SMILES string of the molecule is CCCOc1cccc(C(=O)Nc2ccccc2C(=O)N(C)C)c1. The number of carbonyl (C=O) groups excluding carboxylic acids is 2. The summed E-state index contributed by atoms with van der Waals surface area (Å²) in [5.41, 5.74) is 1.42. The zero-order valence-electron chi connectivity index (χ0n) is 14.2. The predicted octanol–water partition coefficient (Wildman–Crippen LogP) is 3.43. The molecular formula is C19H22N2O3. The van der Waals surface area contributed by atoms with Gasteiger partial charge in [0, 0.05) is 19.7 Å². The summed E-state index contributed by atoms with van der Waals surface area (Å²) >= 11 is 0. The number of ether oxygens (including phenoxy) is 1. The maximum atomic E-state index is 12.5. The van der Waals surface area contributed by atoms with Gasteiger partial charge in [0.15, 0.2) is 0 Å². The summed E-state index contributed by atoms with van der Waals surface area (Å²) in [5.74, 6) is 0.212. The zero-order valence-corrected chi connectivity index (χ0v) is 14.2. The van der Waals surface area contributed by atoms with Crippen LogP contribution in [0.2, 0.25) is 0 Å². The van der Waals surface area contributed by atoms with Crippen LogP contribution >= 0.6 is 0 Å². The second kappa shape index (κ2) is 8.15. The molecule has 0 aromatic heterocycles. The first-order chi connectivity index (χ1) is 11.5. The van der Waals surface area contributed by atoms with Gasteiger partial charge in [0.1, 0.15) is 5.75 Å². The summed E-state index contributed by atoms with van der Waals surface area (Å²) in [6.45, 7) is 2.63. The lowest BCUT2D eigenvalue weighted by molar-refractivity contribution is 0.0828. The van der Waals surface area contributed by atoms with E-state index in [-0.39, 0.29) is 11.8 Å². The number of nitrogens with one attached hydrogen (secondary N) is 1. The number of benzene rings is 2. The van der Waals surface area contributed by atoms with Crippen molar-refractivity contribution in [3.8, 4) is 5.75 Å². The summed E-state index contributed by atoms with van der Waals surface area (Å²) in [6.07, 6.45) is 0.899. The fourth-order valence-electron chi connectivity index (χ4n) is 2.16. The van der Waals surface area contributed by atoms with Crippen LogP contribution in [0.5, 0.6) is 5.75 Å². The lowest BCUT2D eigenvalue weighted by Gasteiger charge is -2.15. The normalized spacial score (nSPS) is 10.1. The number of nitrogens with zero attached hydrogens (tertiary/aromatic N) is 1. The molecule has 2 amide bonds. The Balaban J connectivity index is 2.20. The zero-order chi connectivity index (χ0) is 17.5. The van der Waals surface area contributed by atoms with Crippen LogP contribution in [0.1, 0.15) is 34.1 Å². The highest BCUT2D eigenvalue weighted by atomic mass is 16.5. The van der Waals surface area contributed by atoms with Crippen molar-refractivity contribution >= 4 is 17.5 Å². The van der Waals surface area contributed by atoms with Gasteiger partial charge in [-0.25, -0.2) is 0 Å². The monoisotopic (exact) mass is 326 g/mol. The quantitative estimate of drug-likeness (QED) is 0.885. The van der Waals surface area contributed by atoms with Gasteiger partial charge in [-0.1, -0.05) is 25.1 Å². The van der Waals surface area contributed by atoms with Crippen LogP contribution in [0.4, 0.5) is 5.69 Å². The van der Waals surface area contributed by atoms with E-state index < -0.39 is 0 Å². The van der Waals surface area contributed by atoms with Crippen LogP contribution in [0.3, 0.4) is 0 Å². The van der Waals surface area contributed by atoms with Gasteiger partial charge in [0.2, 0.25) is 0 Å². The second-order valence-electron chi connectivity index (χ2n) is 5.58. The number of carbonyl (C=O) groups is 2. The summed E-state index contributed by atoms with van der Waals surface area (Å²) in [7, 11) is 3.35. The molecule has 1 N–H and O–H groups in total. The smallest absolute Gasteiger partial charge is 0.255 e. The Morgan fingerprint density at radius 3 is 2.54 bits per heavy atom. The van der Waals surface area contributed by atoms with Crippen molar-refractivity contribution in [2.75, 3.05) is 26.0 Å². The molecule has 0 spiro atoms. The van der Waals surface area contributed by atoms with Gasteiger partial charge in [0.25, 0.3) is 11.8 Å². The Bertz CT molecular complexity index is 726. The molecule has 24 heavy (non-hydrogen) atoms. The molecule has 0 saturated carbocycles. The number of anilines is 1. The molecule has 0 unspecified atom stereocenters. The Morgan fingerprint density at radius 2 is 1.83 bits per heavy atom. The van der Waals surface area contributed by atoms with E-state index in [4.69, 9.17) is 4.74 Å². The highest BCUT2D eigenvalue weighted by molar-refractivity contribution is 6.09. The van der Waals surface area contributed by atoms with E-state index in [1.807, 2.05) is 13.0 Å². The first-order valence-electron chi connectivity index (χ1n) is 7.87. The van der Waals surface area contributed by atoms with E-state index >= 15 is 0 Å². The van der Waals surface area contributed by atoms with E-state index in [9.17, 15) is 9.59 Å². The molecule has 0 fully saturated rings. The average Bonchev–Trinajstić information content (AvgIpc) is 2.60. The Kier molecular flexibility index (Phi) is 5.95. The molecule has 5 heteroatoms. The van der Waals surface area contributed by atoms with Crippen LogP contribution in [0, 0.1) is 0 Å². The fraction of sp³-hybridized carbons (Fsp3) is 0.263. The van der Waals surface area contributed by atoms with Gasteiger partial charge in [-0.2, -0.15) is 0 Å². The largest absolute Gasteiger partial charge is 0.494 e. The Morgan fingerprint density at radius 1 is 1.08 bits per heavy atom. The first-order valence-corrected chi connectivity index (χ1v) is 7.87. The van der Waals surface area contributed by atoms with Crippen molar-refractivity contribution in [2.24, 2.45) is 0 Å². The molecular weight excluding hydrogens is 304 g/mol. The maximum absolute atomic E-state index is 12.5. The Hall–Kier alpha value is -2.82. The van der Waals surface area contributed by atoms with Gasteiger partial charge in [-0.15, -0.1) is 0 Å². The molecule has 0 aliphatic rings. The van der Waals surface area contributed by atoms with Crippen LogP contribution in [0.25, 0.3) is 0 Å². The number of rotatable bonds is 6. The molecule has 0 heterocycles. The van der Waals surface area contributed by atoms with Crippen LogP contribution in [-0.2, 0) is 0 Å². The summed E-state index contributed by atoms with van der Waals surface area (Å²) in [4.78, 5) is 26.2. The van der Waals surface area contributed by atoms with Gasteiger partial charge < -0.3 is 15.0 Å². The number of amides is 2. The average molecular weight is 326 g/mol. The van der Waals surface area contributed by atoms with Crippen molar-refractivity contribution in [1.82, 2.24) is 4.90 Å². The molecule has 2 aromatic carbocycles. The van der Waals surface area contributed by atoms with E-state index in [1.54, 1.807) is 56.6 Å². The molecule has 0 saturated heterocycles. The fourth-order valence-corrected chi connectivity index (χ4v) is 2.16. The molecule has 0 aliphatic carbocycles. The van der Waals surface area contributed by atoms with Gasteiger partial charge in [-0.05, 0) is 36.8 Å².